The van der Waals surface area contributed by atoms with Gasteiger partial charge in [0.2, 0.25) is 0 Å². The third-order valence-corrected chi connectivity index (χ3v) is 7.55. The van der Waals surface area contributed by atoms with E-state index in [9.17, 15) is 15.3 Å². The molecule has 1 aliphatic heterocycles. The van der Waals surface area contributed by atoms with E-state index in [2.05, 4.69) is 60.0 Å². The van der Waals surface area contributed by atoms with Gasteiger partial charge in [-0.2, -0.15) is 0 Å². The maximum atomic E-state index is 10.4. The lowest BCUT2D eigenvalue weighted by Gasteiger charge is -2.21. The van der Waals surface area contributed by atoms with Crippen molar-refractivity contribution in [2.24, 2.45) is 5.92 Å². The van der Waals surface area contributed by atoms with Crippen LogP contribution in [0.3, 0.4) is 0 Å². The van der Waals surface area contributed by atoms with Crippen molar-refractivity contribution in [1.82, 2.24) is 19.5 Å². The molecular formula is C27H36N4O5. The number of aliphatic hydroxyl groups is 3. The normalized spacial score (nSPS) is 28.8. The van der Waals surface area contributed by atoms with Crippen LogP contribution in [0.15, 0.2) is 36.9 Å². The molecule has 1 aliphatic carbocycles. The van der Waals surface area contributed by atoms with E-state index in [0.717, 1.165) is 31.4 Å². The van der Waals surface area contributed by atoms with Gasteiger partial charge in [-0.15, -0.1) is 0 Å². The molecule has 0 spiro atoms. The molecule has 194 valence electrons. The molecule has 0 bridgehead atoms. The Morgan fingerprint density at radius 2 is 1.83 bits per heavy atom. The van der Waals surface area contributed by atoms with Gasteiger partial charge in [0.25, 0.3) is 0 Å². The second-order valence-electron chi connectivity index (χ2n) is 11.1. The van der Waals surface area contributed by atoms with Gasteiger partial charge < -0.3 is 24.8 Å². The van der Waals surface area contributed by atoms with Gasteiger partial charge in [-0.25, -0.2) is 15.0 Å². The van der Waals surface area contributed by atoms with Crippen molar-refractivity contribution in [3.63, 3.8) is 0 Å². The Labute approximate surface area is 211 Å². The number of aliphatic hydroxyl groups excluding tert-OH is 3. The van der Waals surface area contributed by atoms with E-state index >= 15 is 0 Å². The molecule has 9 nitrogen and oxygen atoms in total. The SMILES string of the molecule is CC(C)(C)c1ccc(CO[C@@H]2CCCC2Cc2ncnc3c2ncn3[C@@H]2O[C@H](CO)[C@@H](O)[C@H]2O)cc1. The molecule has 1 aromatic carbocycles. The van der Waals surface area contributed by atoms with Crippen LogP contribution < -0.4 is 0 Å². The Kier molecular flexibility index (Phi) is 7.11. The summed E-state index contributed by atoms with van der Waals surface area (Å²) in [6.45, 7) is 6.85. The number of ether oxygens (including phenoxy) is 2. The second-order valence-corrected chi connectivity index (χ2v) is 11.1. The monoisotopic (exact) mass is 496 g/mol. The number of rotatable bonds is 7. The van der Waals surface area contributed by atoms with Crippen molar-refractivity contribution in [3.8, 4) is 0 Å². The molecule has 2 fully saturated rings. The Balaban J connectivity index is 1.28. The quantitative estimate of drug-likeness (QED) is 0.456. The minimum Gasteiger partial charge on any atom is -0.394 e. The molecule has 36 heavy (non-hydrogen) atoms. The van der Waals surface area contributed by atoms with Crippen LogP contribution in [0.25, 0.3) is 11.2 Å². The highest BCUT2D eigenvalue weighted by molar-refractivity contribution is 5.73. The van der Waals surface area contributed by atoms with Gasteiger partial charge in [-0.1, -0.05) is 51.5 Å². The van der Waals surface area contributed by atoms with E-state index in [4.69, 9.17) is 9.47 Å². The van der Waals surface area contributed by atoms with Crippen LogP contribution in [0.5, 0.6) is 0 Å². The average molecular weight is 497 g/mol. The first kappa shape index (κ1) is 25.2. The Bertz CT molecular complexity index is 1180. The molecule has 0 radical (unpaired) electrons. The molecule has 3 N–H and O–H groups in total. The van der Waals surface area contributed by atoms with Crippen molar-refractivity contribution >= 4 is 11.2 Å². The van der Waals surface area contributed by atoms with E-state index in [1.807, 2.05) is 0 Å². The van der Waals surface area contributed by atoms with Crippen LogP contribution in [0, 0.1) is 5.92 Å². The molecule has 3 heterocycles. The topological polar surface area (TPSA) is 123 Å². The average Bonchev–Trinajstić information content (AvgIpc) is 3.56. The molecular weight excluding hydrogens is 460 g/mol. The van der Waals surface area contributed by atoms with Crippen LogP contribution in [0.2, 0.25) is 0 Å². The van der Waals surface area contributed by atoms with Crippen molar-refractivity contribution in [2.75, 3.05) is 6.61 Å². The van der Waals surface area contributed by atoms with Gasteiger partial charge >= 0.3 is 0 Å². The van der Waals surface area contributed by atoms with Crippen molar-refractivity contribution < 1.29 is 24.8 Å². The Morgan fingerprint density at radius 3 is 2.53 bits per heavy atom. The predicted octanol–water partition coefficient (Wildman–Crippen LogP) is 2.66. The summed E-state index contributed by atoms with van der Waals surface area (Å²) >= 11 is 0. The number of benzene rings is 1. The highest BCUT2D eigenvalue weighted by Gasteiger charge is 2.44. The number of hydrogen-bond donors (Lipinski definition) is 3. The third-order valence-electron chi connectivity index (χ3n) is 7.55. The molecule has 5 rings (SSSR count). The first-order valence-electron chi connectivity index (χ1n) is 12.8. The lowest BCUT2D eigenvalue weighted by molar-refractivity contribution is -0.0511. The number of fused-ring (bicyclic) bond motifs is 1. The molecule has 1 saturated heterocycles. The van der Waals surface area contributed by atoms with Gasteiger partial charge in [0, 0.05) is 0 Å². The summed E-state index contributed by atoms with van der Waals surface area (Å²) in [5.41, 5.74) is 4.64. The highest BCUT2D eigenvalue weighted by atomic mass is 16.6. The van der Waals surface area contributed by atoms with E-state index in [1.54, 1.807) is 10.9 Å². The molecule has 1 saturated carbocycles. The number of hydrogen-bond acceptors (Lipinski definition) is 8. The first-order chi connectivity index (χ1) is 17.3. The summed E-state index contributed by atoms with van der Waals surface area (Å²) in [4.78, 5) is 13.4. The van der Waals surface area contributed by atoms with Crippen LogP contribution >= 0.6 is 0 Å². The standard InChI is InChI=1S/C27H36N4O5/c1-27(2,3)18-9-7-16(8-10-18)13-35-20-6-4-5-17(20)11-19-22-25(29-14-28-19)31(15-30-22)26-24(34)23(33)21(12-32)36-26/h7-10,14-15,17,20-21,23-24,26,32-34H,4-6,11-13H2,1-3H3/t17?,20-,21-,23-,24-,26-/m1/s1. The second kappa shape index (κ2) is 10.1. The van der Waals surface area contributed by atoms with Gasteiger partial charge in [0.15, 0.2) is 11.9 Å². The Morgan fingerprint density at radius 1 is 1.06 bits per heavy atom. The van der Waals surface area contributed by atoms with Gasteiger partial charge in [0.05, 0.1) is 31.3 Å². The first-order valence-corrected chi connectivity index (χ1v) is 12.8. The molecule has 6 atom stereocenters. The van der Waals surface area contributed by atoms with Crippen molar-refractivity contribution in [1.29, 1.82) is 0 Å². The fourth-order valence-corrected chi connectivity index (χ4v) is 5.35. The maximum Gasteiger partial charge on any atom is 0.165 e. The molecule has 2 aromatic heterocycles. The minimum absolute atomic E-state index is 0.133. The summed E-state index contributed by atoms with van der Waals surface area (Å²) in [7, 11) is 0. The fraction of sp³-hybridized carbons (Fsp3) is 0.593. The van der Waals surface area contributed by atoms with Crippen LogP contribution in [-0.4, -0.2) is 65.9 Å². The molecule has 2 aliphatic rings. The van der Waals surface area contributed by atoms with Crippen LogP contribution in [0.4, 0.5) is 0 Å². The maximum absolute atomic E-state index is 10.4. The summed E-state index contributed by atoms with van der Waals surface area (Å²) in [6, 6.07) is 8.68. The summed E-state index contributed by atoms with van der Waals surface area (Å²) in [5.74, 6) is 0.330. The van der Waals surface area contributed by atoms with Gasteiger partial charge in [0.1, 0.15) is 30.2 Å². The lowest BCUT2D eigenvalue weighted by atomic mass is 9.87. The van der Waals surface area contributed by atoms with Crippen molar-refractivity contribution in [2.45, 2.75) is 89.1 Å². The zero-order valence-corrected chi connectivity index (χ0v) is 21.1. The minimum atomic E-state index is -1.19. The van der Waals surface area contributed by atoms with Gasteiger partial charge in [-0.05, 0) is 41.7 Å². The molecule has 3 aromatic rings. The number of aromatic nitrogens is 4. The highest BCUT2D eigenvalue weighted by Crippen LogP contribution is 2.35. The van der Waals surface area contributed by atoms with Gasteiger partial charge in [-0.3, -0.25) is 4.57 Å². The lowest BCUT2D eigenvalue weighted by Crippen LogP contribution is -2.33. The zero-order chi connectivity index (χ0) is 25.4. The van der Waals surface area contributed by atoms with E-state index < -0.39 is 24.5 Å². The molecule has 9 heteroatoms. The third kappa shape index (κ3) is 4.90. The smallest absolute Gasteiger partial charge is 0.165 e. The number of imidazole rings is 1. The summed E-state index contributed by atoms with van der Waals surface area (Å²) in [6.07, 6.45) is 3.02. The largest absolute Gasteiger partial charge is 0.394 e. The van der Waals surface area contributed by atoms with E-state index in [1.165, 1.54) is 17.5 Å². The van der Waals surface area contributed by atoms with Crippen LogP contribution in [0.1, 0.15) is 63.1 Å². The molecule has 0 amide bonds. The summed E-state index contributed by atoms with van der Waals surface area (Å²) in [5, 5.41) is 30.0. The number of nitrogens with zero attached hydrogens (tertiary/aromatic N) is 4. The Hall–Kier alpha value is -2.43. The van der Waals surface area contributed by atoms with Crippen molar-refractivity contribution in [3.05, 3.63) is 53.7 Å². The van der Waals surface area contributed by atoms with E-state index in [0.29, 0.717) is 23.7 Å². The summed E-state index contributed by atoms with van der Waals surface area (Å²) < 4.78 is 13.6. The predicted molar refractivity (Wildman–Crippen MR) is 133 cm³/mol. The molecule has 1 unspecified atom stereocenters. The fourth-order valence-electron chi connectivity index (χ4n) is 5.35. The van der Waals surface area contributed by atoms with Crippen LogP contribution in [-0.2, 0) is 27.9 Å². The zero-order valence-electron chi connectivity index (χ0n) is 21.1. The van der Waals surface area contributed by atoms with E-state index in [-0.39, 0.29) is 18.1 Å².